The van der Waals surface area contributed by atoms with Gasteiger partial charge >= 0.3 is 5.97 Å². The fourth-order valence-corrected chi connectivity index (χ4v) is 3.12. The van der Waals surface area contributed by atoms with Gasteiger partial charge in [0, 0.05) is 37.5 Å². The number of nitrogens with one attached hydrogen (secondary N) is 1. The van der Waals surface area contributed by atoms with Gasteiger partial charge in [-0.2, -0.15) is 0 Å². The minimum Gasteiger partial charge on any atom is -0.480 e. The molecule has 1 aromatic heterocycles. The van der Waals surface area contributed by atoms with Crippen molar-refractivity contribution in [3.8, 4) is 10.6 Å². The molecule has 1 atom stereocenters. The van der Waals surface area contributed by atoms with Crippen LogP contribution in [0, 0.1) is 5.82 Å². The van der Waals surface area contributed by atoms with E-state index < -0.39 is 12.0 Å². The zero-order chi connectivity index (χ0) is 18.4. The number of nitrogens with zero attached hydrogens (tertiary/aromatic N) is 2. The van der Waals surface area contributed by atoms with Crippen LogP contribution >= 0.6 is 11.3 Å². The van der Waals surface area contributed by atoms with Crippen molar-refractivity contribution in [2.75, 3.05) is 13.1 Å². The van der Waals surface area contributed by atoms with E-state index in [9.17, 15) is 19.1 Å². The minimum atomic E-state index is -0.951. The molecule has 2 rings (SSSR count). The number of aromatic nitrogens is 1. The molecule has 0 fully saturated rings. The molecule has 8 heteroatoms. The maximum atomic E-state index is 13.9. The van der Waals surface area contributed by atoms with Crippen molar-refractivity contribution < 1.29 is 19.1 Å². The maximum absolute atomic E-state index is 13.9. The molecule has 25 heavy (non-hydrogen) atoms. The highest BCUT2D eigenvalue weighted by molar-refractivity contribution is 7.13. The van der Waals surface area contributed by atoms with Gasteiger partial charge < -0.3 is 10.4 Å². The first-order valence-electron chi connectivity index (χ1n) is 7.79. The van der Waals surface area contributed by atoms with Gasteiger partial charge in [-0.1, -0.05) is 12.1 Å². The van der Waals surface area contributed by atoms with Crippen LogP contribution in [-0.2, 0) is 16.1 Å². The van der Waals surface area contributed by atoms with Gasteiger partial charge in [-0.15, -0.1) is 11.3 Å². The molecule has 0 bridgehead atoms. The van der Waals surface area contributed by atoms with E-state index in [1.165, 1.54) is 24.3 Å². The molecule has 1 aromatic carbocycles. The zero-order valence-electron chi connectivity index (χ0n) is 14.0. The smallest absolute Gasteiger partial charge is 0.320 e. The summed E-state index contributed by atoms with van der Waals surface area (Å²) < 4.78 is 13.9. The molecule has 0 spiro atoms. The number of thiazole rings is 1. The summed E-state index contributed by atoms with van der Waals surface area (Å²) in [6.45, 7) is 4.02. The molecular weight excluding hydrogens is 345 g/mol. The third-order valence-electron chi connectivity index (χ3n) is 3.70. The normalized spacial score (nSPS) is 12.2. The van der Waals surface area contributed by atoms with E-state index in [0.29, 0.717) is 35.9 Å². The Morgan fingerprint density at radius 1 is 1.40 bits per heavy atom. The number of hydrogen-bond acceptors (Lipinski definition) is 5. The van der Waals surface area contributed by atoms with Crippen molar-refractivity contribution in [1.82, 2.24) is 15.2 Å². The third kappa shape index (κ3) is 5.33. The predicted molar refractivity (Wildman–Crippen MR) is 93.7 cm³/mol. The Bertz CT molecular complexity index is 750. The van der Waals surface area contributed by atoms with Crippen molar-refractivity contribution in [2.24, 2.45) is 0 Å². The minimum absolute atomic E-state index is 0.168. The van der Waals surface area contributed by atoms with Crippen LogP contribution in [0.2, 0.25) is 0 Å². The second-order valence-corrected chi connectivity index (χ2v) is 6.45. The van der Waals surface area contributed by atoms with Crippen LogP contribution in [0.4, 0.5) is 4.39 Å². The molecule has 0 aliphatic rings. The fraction of sp³-hybridized carbons (Fsp3) is 0.353. The lowest BCUT2D eigenvalue weighted by molar-refractivity contribution is -0.142. The molecule has 0 aliphatic carbocycles. The molecule has 1 amide bonds. The van der Waals surface area contributed by atoms with Gasteiger partial charge in [-0.05, 0) is 19.1 Å². The van der Waals surface area contributed by atoms with Crippen molar-refractivity contribution in [3.63, 3.8) is 0 Å². The van der Waals surface area contributed by atoms with Gasteiger partial charge in [0.25, 0.3) is 0 Å². The Hall–Kier alpha value is -2.32. The molecule has 134 valence electrons. The first-order valence-corrected chi connectivity index (χ1v) is 8.67. The van der Waals surface area contributed by atoms with Gasteiger partial charge in [0.2, 0.25) is 5.91 Å². The molecule has 1 heterocycles. The van der Waals surface area contributed by atoms with Gasteiger partial charge in [0.1, 0.15) is 16.9 Å². The highest BCUT2D eigenvalue weighted by atomic mass is 32.1. The molecule has 1 unspecified atom stereocenters. The summed E-state index contributed by atoms with van der Waals surface area (Å²) in [7, 11) is 0. The summed E-state index contributed by atoms with van der Waals surface area (Å²) in [4.78, 5) is 28.4. The number of halogens is 1. The Labute approximate surface area is 149 Å². The number of benzene rings is 1. The number of amides is 1. The average molecular weight is 365 g/mol. The van der Waals surface area contributed by atoms with Crippen LogP contribution in [0.3, 0.4) is 0 Å². The van der Waals surface area contributed by atoms with E-state index in [1.807, 2.05) is 0 Å². The first kappa shape index (κ1) is 19.0. The van der Waals surface area contributed by atoms with Crippen LogP contribution in [-0.4, -0.2) is 46.0 Å². The maximum Gasteiger partial charge on any atom is 0.320 e. The molecule has 6 nitrogen and oxygen atoms in total. The second-order valence-electron chi connectivity index (χ2n) is 5.59. The molecule has 0 radical (unpaired) electrons. The molecular formula is C17H20FN3O3S. The van der Waals surface area contributed by atoms with Crippen LogP contribution < -0.4 is 5.32 Å². The second kappa shape index (κ2) is 8.68. The quantitative estimate of drug-likeness (QED) is 0.750. The summed E-state index contributed by atoms with van der Waals surface area (Å²) in [5.41, 5.74) is 1.09. The predicted octanol–water partition coefficient (Wildman–Crippen LogP) is 2.36. The summed E-state index contributed by atoms with van der Waals surface area (Å²) in [5, 5.41) is 14.3. The highest BCUT2D eigenvalue weighted by Gasteiger charge is 2.22. The number of hydrogen-bond donors (Lipinski definition) is 2. The van der Waals surface area contributed by atoms with Gasteiger partial charge in [0.05, 0.1) is 5.69 Å². The van der Waals surface area contributed by atoms with E-state index in [2.05, 4.69) is 10.3 Å². The molecule has 0 saturated carbocycles. The Balaban J connectivity index is 2.11. The molecule has 0 aliphatic heterocycles. The van der Waals surface area contributed by atoms with E-state index in [-0.39, 0.29) is 11.7 Å². The fourth-order valence-electron chi connectivity index (χ4n) is 2.29. The lowest BCUT2D eigenvalue weighted by atomic mass is 10.2. The molecule has 2 N–H and O–H groups in total. The van der Waals surface area contributed by atoms with Crippen molar-refractivity contribution in [1.29, 1.82) is 0 Å². The Kier molecular flexibility index (Phi) is 6.60. The van der Waals surface area contributed by atoms with Crippen molar-refractivity contribution in [2.45, 2.75) is 26.4 Å². The number of carbonyl (C=O) groups is 2. The summed E-state index contributed by atoms with van der Waals surface area (Å²) in [6, 6.07) is 5.67. The number of rotatable bonds is 8. The van der Waals surface area contributed by atoms with Crippen LogP contribution in [0.15, 0.2) is 29.6 Å². The summed E-state index contributed by atoms with van der Waals surface area (Å²) >= 11 is 1.31. The highest BCUT2D eigenvalue weighted by Crippen LogP contribution is 2.26. The number of aliphatic carboxylic acids is 1. The topological polar surface area (TPSA) is 82.5 Å². The standard InChI is InChI=1S/C17H20FN3O3S/c1-11(17(23)24)21(8-7-19-12(2)22)9-13-10-25-16(20-13)14-5-3-4-6-15(14)18/h3-6,10-11H,7-9H2,1-2H3,(H,19,22)(H,23,24). The number of carboxylic acid groups (broad SMARTS) is 1. The first-order chi connectivity index (χ1) is 11.9. The van der Waals surface area contributed by atoms with Gasteiger partial charge in [0.15, 0.2) is 0 Å². The van der Waals surface area contributed by atoms with E-state index in [0.717, 1.165) is 0 Å². The zero-order valence-corrected chi connectivity index (χ0v) is 14.8. The van der Waals surface area contributed by atoms with E-state index >= 15 is 0 Å². The van der Waals surface area contributed by atoms with Crippen LogP contribution in [0.5, 0.6) is 0 Å². The largest absolute Gasteiger partial charge is 0.480 e. The van der Waals surface area contributed by atoms with Gasteiger partial charge in [-0.3, -0.25) is 14.5 Å². The summed E-state index contributed by atoms with van der Waals surface area (Å²) in [5.74, 6) is -1.46. The SMILES string of the molecule is CC(=O)NCCN(Cc1csc(-c2ccccc2F)n1)C(C)C(=O)O. The van der Waals surface area contributed by atoms with Crippen molar-refractivity contribution in [3.05, 3.63) is 41.2 Å². The van der Waals surface area contributed by atoms with Crippen LogP contribution in [0.1, 0.15) is 19.5 Å². The third-order valence-corrected chi connectivity index (χ3v) is 4.62. The summed E-state index contributed by atoms with van der Waals surface area (Å²) in [6.07, 6.45) is 0. The number of carboxylic acids is 1. The Morgan fingerprint density at radius 3 is 2.76 bits per heavy atom. The average Bonchev–Trinajstić information content (AvgIpc) is 3.01. The molecule has 0 saturated heterocycles. The molecule has 2 aromatic rings. The number of carbonyl (C=O) groups excluding carboxylic acids is 1. The lowest BCUT2D eigenvalue weighted by Crippen LogP contribution is -2.42. The Morgan fingerprint density at radius 2 is 2.12 bits per heavy atom. The monoisotopic (exact) mass is 365 g/mol. The van der Waals surface area contributed by atoms with E-state index in [4.69, 9.17) is 0 Å². The van der Waals surface area contributed by atoms with Crippen molar-refractivity contribution >= 4 is 23.2 Å². The van der Waals surface area contributed by atoms with E-state index in [1.54, 1.807) is 35.4 Å². The lowest BCUT2D eigenvalue weighted by Gasteiger charge is -2.25. The van der Waals surface area contributed by atoms with Crippen LogP contribution in [0.25, 0.3) is 10.6 Å². The van der Waals surface area contributed by atoms with Gasteiger partial charge in [-0.25, -0.2) is 9.37 Å².